The minimum absolute atomic E-state index is 0.0880. The molecule has 2 heterocycles. The van der Waals surface area contributed by atoms with Gasteiger partial charge in [0.15, 0.2) is 0 Å². The molecular formula is C20H20N4O. The number of rotatable bonds is 3. The summed E-state index contributed by atoms with van der Waals surface area (Å²) < 4.78 is 0. The maximum Gasteiger partial charge on any atom is 0.257 e. The van der Waals surface area contributed by atoms with Crippen LogP contribution in [0, 0.1) is 0 Å². The summed E-state index contributed by atoms with van der Waals surface area (Å²) in [5, 5.41) is 8.63. The summed E-state index contributed by atoms with van der Waals surface area (Å²) in [7, 11) is 0. The largest absolute Gasteiger partial charge is 0.357 e. The Labute approximate surface area is 146 Å². The number of H-pyrrole nitrogens is 1. The molecule has 1 aliphatic heterocycles. The van der Waals surface area contributed by atoms with E-state index in [2.05, 4.69) is 39.9 Å². The average Bonchev–Trinajstić information content (AvgIpc) is 3.02. The SMILES string of the molecule is CC1NC(C(=O)N/N=C/c2ccccc2)Cc2c1[nH]c1ccccc21. The number of carbonyl (C=O) groups is 1. The maximum absolute atomic E-state index is 12.5. The van der Waals surface area contributed by atoms with E-state index in [1.165, 1.54) is 10.9 Å². The molecule has 5 nitrogen and oxygen atoms in total. The Morgan fingerprint density at radius 1 is 1.16 bits per heavy atom. The summed E-state index contributed by atoms with van der Waals surface area (Å²) in [5.41, 5.74) is 7.10. The van der Waals surface area contributed by atoms with E-state index in [4.69, 9.17) is 0 Å². The Kier molecular flexibility index (Phi) is 4.07. The van der Waals surface area contributed by atoms with Crippen LogP contribution in [0.4, 0.5) is 0 Å². The Morgan fingerprint density at radius 2 is 1.92 bits per heavy atom. The fraction of sp³-hybridized carbons (Fsp3) is 0.200. The fourth-order valence-corrected chi connectivity index (χ4v) is 3.41. The Hall–Kier alpha value is -2.92. The summed E-state index contributed by atoms with van der Waals surface area (Å²) in [6, 6.07) is 17.7. The minimum Gasteiger partial charge on any atom is -0.357 e. The number of aromatic amines is 1. The lowest BCUT2D eigenvalue weighted by atomic mass is 9.94. The van der Waals surface area contributed by atoms with Crippen molar-refractivity contribution in [2.75, 3.05) is 0 Å². The third kappa shape index (κ3) is 3.06. The third-order valence-electron chi connectivity index (χ3n) is 4.64. The van der Waals surface area contributed by atoms with Crippen molar-refractivity contribution in [1.82, 2.24) is 15.7 Å². The molecule has 0 bridgehead atoms. The second-order valence-corrected chi connectivity index (χ2v) is 6.35. The van der Waals surface area contributed by atoms with Crippen molar-refractivity contribution in [3.8, 4) is 0 Å². The highest BCUT2D eigenvalue weighted by Gasteiger charge is 2.30. The summed E-state index contributed by atoms with van der Waals surface area (Å²) in [6.45, 7) is 2.07. The van der Waals surface area contributed by atoms with Gasteiger partial charge in [0.2, 0.25) is 0 Å². The molecule has 2 aromatic carbocycles. The third-order valence-corrected chi connectivity index (χ3v) is 4.64. The number of hydrogen-bond acceptors (Lipinski definition) is 3. The van der Waals surface area contributed by atoms with Gasteiger partial charge in [-0.25, -0.2) is 5.43 Å². The normalized spacial score (nSPS) is 19.9. The number of nitrogens with one attached hydrogen (secondary N) is 3. The molecule has 1 amide bonds. The van der Waals surface area contributed by atoms with Crippen LogP contribution in [0.1, 0.15) is 29.8 Å². The van der Waals surface area contributed by atoms with Crippen molar-refractivity contribution in [1.29, 1.82) is 0 Å². The van der Waals surface area contributed by atoms with E-state index in [1.54, 1.807) is 6.21 Å². The number of hydrogen-bond donors (Lipinski definition) is 3. The van der Waals surface area contributed by atoms with Gasteiger partial charge in [-0.15, -0.1) is 0 Å². The van der Waals surface area contributed by atoms with Crippen LogP contribution in [-0.2, 0) is 11.2 Å². The summed E-state index contributed by atoms with van der Waals surface area (Å²) in [4.78, 5) is 16.0. The van der Waals surface area contributed by atoms with Crippen LogP contribution < -0.4 is 10.7 Å². The van der Waals surface area contributed by atoms with Crippen LogP contribution in [0.15, 0.2) is 59.7 Å². The molecule has 0 aliphatic carbocycles. The second kappa shape index (κ2) is 6.53. The summed E-state index contributed by atoms with van der Waals surface area (Å²) in [5.74, 6) is -0.116. The molecule has 0 radical (unpaired) electrons. The first-order chi connectivity index (χ1) is 12.2. The van der Waals surface area contributed by atoms with Crippen LogP contribution in [-0.4, -0.2) is 23.1 Å². The van der Waals surface area contributed by atoms with Crippen LogP contribution in [0.2, 0.25) is 0 Å². The van der Waals surface area contributed by atoms with Gasteiger partial charge in [-0.1, -0.05) is 48.5 Å². The smallest absolute Gasteiger partial charge is 0.257 e. The van der Waals surface area contributed by atoms with Gasteiger partial charge in [0, 0.05) is 22.6 Å². The van der Waals surface area contributed by atoms with Gasteiger partial charge >= 0.3 is 0 Å². The zero-order chi connectivity index (χ0) is 17.2. The first-order valence-corrected chi connectivity index (χ1v) is 8.46. The van der Waals surface area contributed by atoms with E-state index in [0.29, 0.717) is 6.42 Å². The highest BCUT2D eigenvalue weighted by Crippen LogP contribution is 2.31. The topological polar surface area (TPSA) is 69.3 Å². The zero-order valence-electron chi connectivity index (χ0n) is 14.0. The number of para-hydroxylation sites is 1. The van der Waals surface area contributed by atoms with Gasteiger partial charge in [0.1, 0.15) is 0 Å². The van der Waals surface area contributed by atoms with Crippen LogP contribution >= 0.6 is 0 Å². The number of nitrogens with zero attached hydrogens (tertiary/aromatic N) is 1. The van der Waals surface area contributed by atoms with Crippen molar-refractivity contribution in [3.63, 3.8) is 0 Å². The van der Waals surface area contributed by atoms with Gasteiger partial charge in [-0.3, -0.25) is 10.1 Å². The van der Waals surface area contributed by atoms with Crippen molar-refractivity contribution in [3.05, 3.63) is 71.4 Å². The molecular weight excluding hydrogens is 312 g/mol. The summed E-state index contributed by atoms with van der Waals surface area (Å²) in [6.07, 6.45) is 2.30. The molecule has 5 heteroatoms. The van der Waals surface area contributed by atoms with Gasteiger partial charge in [-0.2, -0.15) is 5.10 Å². The monoisotopic (exact) mass is 332 g/mol. The minimum atomic E-state index is -0.297. The van der Waals surface area contributed by atoms with E-state index in [0.717, 1.165) is 16.8 Å². The number of fused-ring (bicyclic) bond motifs is 3. The predicted octanol–water partition coefficient (Wildman–Crippen LogP) is 2.89. The Bertz CT molecular complexity index is 929. The van der Waals surface area contributed by atoms with Crippen molar-refractivity contribution in [2.24, 2.45) is 5.10 Å². The van der Waals surface area contributed by atoms with Crippen LogP contribution in [0.25, 0.3) is 10.9 Å². The Balaban J connectivity index is 1.50. The second-order valence-electron chi connectivity index (χ2n) is 6.35. The molecule has 2 unspecified atom stereocenters. The molecule has 1 aromatic heterocycles. The molecule has 1 aliphatic rings. The zero-order valence-corrected chi connectivity index (χ0v) is 14.0. The quantitative estimate of drug-likeness (QED) is 0.510. The number of aromatic nitrogens is 1. The van der Waals surface area contributed by atoms with Gasteiger partial charge in [-0.05, 0) is 30.5 Å². The molecule has 0 fully saturated rings. The molecule has 126 valence electrons. The first kappa shape index (κ1) is 15.6. The number of benzene rings is 2. The standard InChI is InChI=1S/C20H20N4O/c1-13-19-16(15-9-5-6-10-17(15)23-19)11-18(22-13)20(25)24-21-12-14-7-3-2-4-8-14/h2-10,12-13,18,22-23H,11H2,1H3,(H,24,25)/b21-12+. The van der Waals surface area contributed by atoms with Crippen molar-refractivity contribution >= 4 is 23.0 Å². The van der Waals surface area contributed by atoms with Gasteiger partial charge in [0.05, 0.1) is 12.3 Å². The van der Waals surface area contributed by atoms with Crippen LogP contribution in [0.5, 0.6) is 0 Å². The van der Waals surface area contributed by atoms with E-state index < -0.39 is 0 Å². The van der Waals surface area contributed by atoms with Gasteiger partial charge in [0.25, 0.3) is 5.91 Å². The molecule has 3 aromatic rings. The Morgan fingerprint density at radius 3 is 2.76 bits per heavy atom. The predicted molar refractivity (Wildman–Crippen MR) is 99.5 cm³/mol. The molecule has 4 rings (SSSR count). The van der Waals surface area contributed by atoms with Gasteiger partial charge < -0.3 is 4.98 Å². The lowest BCUT2D eigenvalue weighted by Gasteiger charge is -2.27. The first-order valence-electron chi connectivity index (χ1n) is 8.46. The van der Waals surface area contributed by atoms with Crippen molar-refractivity contribution < 1.29 is 4.79 Å². The maximum atomic E-state index is 12.5. The highest BCUT2D eigenvalue weighted by molar-refractivity contribution is 5.89. The van der Waals surface area contributed by atoms with Crippen molar-refractivity contribution in [2.45, 2.75) is 25.4 Å². The summed E-state index contributed by atoms with van der Waals surface area (Å²) >= 11 is 0. The number of carbonyl (C=O) groups excluding carboxylic acids is 1. The molecule has 0 saturated heterocycles. The van der Waals surface area contributed by atoms with Crippen LogP contribution in [0.3, 0.4) is 0 Å². The molecule has 2 atom stereocenters. The lowest BCUT2D eigenvalue weighted by molar-refractivity contribution is -0.123. The number of amides is 1. The molecule has 25 heavy (non-hydrogen) atoms. The van der Waals surface area contributed by atoms with E-state index >= 15 is 0 Å². The van der Waals surface area contributed by atoms with E-state index in [1.807, 2.05) is 42.5 Å². The fourth-order valence-electron chi connectivity index (χ4n) is 3.41. The lowest BCUT2D eigenvalue weighted by Crippen LogP contribution is -2.47. The number of hydrazone groups is 1. The molecule has 0 spiro atoms. The van der Waals surface area contributed by atoms with E-state index in [-0.39, 0.29) is 18.0 Å². The van der Waals surface area contributed by atoms with E-state index in [9.17, 15) is 4.79 Å². The average molecular weight is 332 g/mol. The highest BCUT2D eigenvalue weighted by atomic mass is 16.2. The molecule has 3 N–H and O–H groups in total. The molecule has 0 saturated carbocycles.